The standard InChI is InChI=1S/C14H25N3O3/c1-20-11-14(19)17-7-5-16(6-8-17)13(18)9-12-3-2-4-15-10-12/h12,15H,2-11H2,1H3. The number of carbonyl (C=O) groups excluding carboxylic acids is 2. The molecule has 0 aliphatic carbocycles. The minimum Gasteiger partial charge on any atom is -0.375 e. The molecule has 0 spiro atoms. The van der Waals surface area contributed by atoms with Gasteiger partial charge in [-0.1, -0.05) is 0 Å². The lowest BCUT2D eigenvalue weighted by molar-refractivity contribution is -0.142. The molecule has 0 saturated carbocycles. The van der Waals surface area contributed by atoms with Crippen molar-refractivity contribution in [3.8, 4) is 0 Å². The molecule has 0 aromatic heterocycles. The van der Waals surface area contributed by atoms with Crippen LogP contribution in [0.1, 0.15) is 19.3 Å². The zero-order valence-electron chi connectivity index (χ0n) is 12.3. The van der Waals surface area contributed by atoms with Crippen LogP contribution in [-0.2, 0) is 14.3 Å². The SMILES string of the molecule is COCC(=O)N1CCN(C(=O)CC2CCCNC2)CC1. The third-order valence-corrected chi connectivity index (χ3v) is 4.12. The van der Waals surface area contributed by atoms with Crippen LogP contribution < -0.4 is 5.32 Å². The van der Waals surface area contributed by atoms with Crippen molar-refractivity contribution < 1.29 is 14.3 Å². The van der Waals surface area contributed by atoms with Gasteiger partial charge in [0.1, 0.15) is 6.61 Å². The molecule has 20 heavy (non-hydrogen) atoms. The number of amides is 2. The van der Waals surface area contributed by atoms with Gasteiger partial charge in [-0.3, -0.25) is 9.59 Å². The lowest BCUT2D eigenvalue weighted by Crippen LogP contribution is -2.51. The predicted octanol–water partition coefficient (Wildman–Crippen LogP) is -0.307. The van der Waals surface area contributed by atoms with Crippen LogP contribution in [0.25, 0.3) is 0 Å². The number of methoxy groups -OCH3 is 1. The van der Waals surface area contributed by atoms with Crippen LogP contribution in [0.5, 0.6) is 0 Å². The molecule has 1 N–H and O–H groups in total. The molecule has 6 heteroatoms. The second-order valence-electron chi connectivity index (χ2n) is 5.61. The molecule has 2 fully saturated rings. The highest BCUT2D eigenvalue weighted by Crippen LogP contribution is 2.16. The third-order valence-electron chi connectivity index (χ3n) is 4.12. The molecule has 0 aromatic rings. The lowest BCUT2D eigenvalue weighted by atomic mass is 9.95. The summed E-state index contributed by atoms with van der Waals surface area (Å²) in [4.78, 5) is 27.6. The normalized spacial score (nSPS) is 23.8. The highest BCUT2D eigenvalue weighted by Gasteiger charge is 2.26. The topological polar surface area (TPSA) is 61.9 Å². The van der Waals surface area contributed by atoms with Crippen molar-refractivity contribution in [1.82, 2.24) is 15.1 Å². The van der Waals surface area contributed by atoms with Gasteiger partial charge in [0.15, 0.2) is 0 Å². The van der Waals surface area contributed by atoms with E-state index >= 15 is 0 Å². The first-order valence-corrected chi connectivity index (χ1v) is 7.46. The number of piperazine rings is 1. The average Bonchev–Trinajstić information content (AvgIpc) is 2.48. The Balaban J connectivity index is 1.72. The molecule has 0 aromatic carbocycles. The molecule has 1 unspecified atom stereocenters. The van der Waals surface area contributed by atoms with E-state index in [1.807, 2.05) is 4.90 Å². The fourth-order valence-electron chi connectivity index (χ4n) is 2.89. The van der Waals surface area contributed by atoms with Crippen molar-refractivity contribution in [3.63, 3.8) is 0 Å². The number of hydrogen-bond donors (Lipinski definition) is 1. The maximum Gasteiger partial charge on any atom is 0.248 e. The highest BCUT2D eigenvalue weighted by molar-refractivity contribution is 5.79. The first kappa shape index (κ1) is 15.3. The number of ether oxygens (including phenoxy) is 1. The summed E-state index contributed by atoms with van der Waals surface area (Å²) in [6.07, 6.45) is 2.95. The van der Waals surface area contributed by atoms with Crippen molar-refractivity contribution in [3.05, 3.63) is 0 Å². The van der Waals surface area contributed by atoms with Gasteiger partial charge in [-0.2, -0.15) is 0 Å². The lowest BCUT2D eigenvalue weighted by Gasteiger charge is -2.35. The minimum atomic E-state index is 0.0103. The largest absolute Gasteiger partial charge is 0.375 e. The van der Waals surface area contributed by atoms with E-state index in [9.17, 15) is 9.59 Å². The molecule has 2 saturated heterocycles. The molecule has 114 valence electrons. The molecule has 2 aliphatic heterocycles. The number of hydrogen-bond acceptors (Lipinski definition) is 4. The Morgan fingerprint density at radius 1 is 1.15 bits per heavy atom. The average molecular weight is 283 g/mol. The Kier molecular flexibility index (Phi) is 5.79. The van der Waals surface area contributed by atoms with E-state index in [4.69, 9.17) is 4.74 Å². The van der Waals surface area contributed by atoms with Gasteiger partial charge in [0.05, 0.1) is 0 Å². The van der Waals surface area contributed by atoms with Gasteiger partial charge in [-0.05, 0) is 31.8 Å². The summed E-state index contributed by atoms with van der Waals surface area (Å²) < 4.78 is 4.85. The van der Waals surface area contributed by atoms with Gasteiger partial charge >= 0.3 is 0 Å². The fourth-order valence-corrected chi connectivity index (χ4v) is 2.89. The molecule has 2 heterocycles. The molecule has 0 radical (unpaired) electrons. The zero-order valence-corrected chi connectivity index (χ0v) is 12.3. The van der Waals surface area contributed by atoms with E-state index < -0.39 is 0 Å². The third kappa shape index (κ3) is 4.18. The molecular formula is C14H25N3O3. The summed E-state index contributed by atoms with van der Waals surface area (Å²) in [5.41, 5.74) is 0. The van der Waals surface area contributed by atoms with E-state index in [1.165, 1.54) is 7.11 Å². The van der Waals surface area contributed by atoms with Crippen molar-refractivity contribution in [1.29, 1.82) is 0 Å². The highest BCUT2D eigenvalue weighted by atomic mass is 16.5. The van der Waals surface area contributed by atoms with E-state index in [2.05, 4.69) is 5.32 Å². The fraction of sp³-hybridized carbons (Fsp3) is 0.857. The molecule has 2 aliphatic rings. The Hall–Kier alpha value is -1.14. The molecular weight excluding hydrogens is 258 g/mol. The van der Waals surface area contributed by atoms with Gasteiger partial charge in [0.25, 0.3) is 0 Å². The van der Waals surface area contributed by atoms with Crippen LogP contribution in [0.3, 0.4) is 0 Å². The van der Waals surface area contributed by atoms with Crippen LogP contribution >= 0.6 is 0 Å². The number of rotatable bonds is 4. The summed E-state index contributed by atoms with van der Waals surface area (Å²) in [6, 6.07) is 0. The number of carbonyl (C=O) groups is 2. The molecule has 0 bridgehead atoms. The van der Waals surface area contributed by atoms with E-state index in [1.54, 1.807) is 4.90 Å². The maximum atomic E-state index is 12.2. The Morgan fingerprint density at radius 3 is 2.35 bits per heavy atom. The Morgan fingerprint density at radius 2 is 1.80 bits per heavy atom. The van der Waals surface area contributed by atoms with E-state index in [0.717, 1.165) is 25.9 Å². The maximum absolute atomic E-state index is 12.2. The zero-order chi connectivity index (χ0) is 14.4. The first-order chi connectivity index (χ1) is 9.70. The molecule has 6 nitrogen and oxygen atoms in total. The van der Waals surface area contributed by atoms with E-state index in [0.29, 0.717) is 38.5 Å². The van der Waals surface area contributed by atoms with Gasteiger partial charge < -0.3 is 19.9 Å². The Labute approximate surface area is 120 Å². The van der Waals surface area contributed by atoms with Crippen molar-refractivity contribution in [2.75, 3.05) is 53.0 Å². The van der Waals surface area contributed by atoms with Gasteiger partial charge in [-0.15, -0.1) is 0 Å². The second kappa shape index (κ2) is 7.59. The summed E-state index contributed by atoms with van der Waals surface area (Å²) in [6.45, 7) is 4.70. The monoisotopic (exact) mass is 283 g/mol. The molecule has 1 atom stereocenters. The quantitative estimate of drug-likeness (QED) is 0.769. The summed E-state index contributed by atoms with van der Waals surface area (Å²) in [7, 11) is 1.52. The van der Waals surface area contributed by atoms with E-state index in [-0.39, 0.29) is 18.4 Å². The predicted molar refractivity (Wildman–Crippen MR) is 75.2 cm³/mol. The van der Waals surface area contributed by atoms with Gasteiger partial charge in [0, 0.05) is 39.7 Å². The number of piperidine rings is 1. The van der Waals surface area contributed by atoms with Crippen LogP contribution in [-0.4, -0.2) is 74.6 Å². The van der Waals surface area contributed by atoms with Gasteiger partial charge in [-0.25, -0.2) is 0 Å². The van der Waals surface area contributed by atoms with Crippen molar-refractivity contribution in [2.45, 2.75) is 19.3 Å². The molecule has 2 rings (SSSR count). The summed E-state index contributed by atoms with van der Waals surface area (Å²) in [5.74, 6) is 0.720. The Bertz CT molecular complexity index is 335. The summed E-state index contributed by atoms with van der Waals surface area (Å²) in [5, 5.41) is 3.34. The smallest absolute Gasteiger partial charge is 0.248 e. The number of nitrogens with one attached hydrogen (secondary N) is 1. The van der Waals surface area contributed by atoms with Crippen molar-refractivity contribution in [2.24, 2.45) is 5.92 Å². The minimum absolute atomic E-state index is 0.0103. The van der Waals surface area contributed by atoms with Crippen LogP contribution in [0.15, 0.2) is 0 Å². The van der Waals surface area contributed by atoms with Crippen molar-refractivity contribution >= 4 is 11.8 Å². The summed E-state index contributed by atoms with van der Waals surface area (Å²) >= 11 is 0. The second-order valence-corrected chi connectivity index (χ2v) is 5.61. The molecule has 2 amide bonds. The van der Waals surface area contributed by atoms with Crippen LogP contribution in [0.4, 0.5) is 0 Å². The van der Waals surface area contributed by atoms with Crippen LogP contribution in [0, 0.1) is 5.92 Å². The van der Waals surface area contributed by atoms with Crippen LogP contribution in [0.2, 0.25) is 0 Å². The number of nitrogens with zero attached hydrogens (tertiary/aromatic N) is 2. The van der Waals surface area contributed by atoms with Gasteiger partial charge in [0.2, 0.25) is 11.8 Å². The first-order valence-electron chi connectivity index (χ1n) is 7.46.